The maximum Gasteiger partial charge on any atom is 0.416 e. The van der Waals surface area contributed by atoms with Crippen molar-refractivity contribution in [2.24, 2.45) is 0 Å². The van der Waals surface area contributed by atoms with Gasteiger partial charge in [-0.05, 0) is 81.0 Å². The molecule has 1 aliphatic rings. The number of aromatic nitrogens is 1. The molecule has 1 aromatic heterocycles. The van der Waals surface area contributed by atoms with Crippen molar-refractivity contribution < 1.29 is 36.2 Å². The van der Waals surface area contributed by atoms with Crippen LogP contribution >= 0.6 is 0 Å². The molecule has 2 heterocycles. The van der Waals surface area contributed by atoms with Crippen LogP contribution in [0.15, 0.2) is 54.6 Å². The van der Waals surface area contributed by atoms with E-state index in [2.05, 4.69) is 14.6 Å². The van der Waals surface area contributed by atoms with Crippen LogP contribution in [-0.2, 0) is 27.7 Å². The maximum atomic E-state index is 14.8. The fraction of sp³-hybridized carbons (Fsp3) is 0.357. The van der Waals surface area contributed by atoms with Crippen molar-refractivity contribution in [3.8, 4) is 11.3 Å². The Labute approximate surface area is 217 Å². The van der Waals surface area contributed by atoms with E-state index in [0.717, 1.165) is 56.8 Å². The van der Waals surface area contributed by atoms with Crippen LogP contribution in [0.25, 0.3) is 11.3 Å². The van der Waals surface area contributed by atoms with Gasteiger partial charge in [0.05, 0.1) is 42.8 Å². The molecule has 2 aromatic carbocycles. The molecule has 3 aromatic rings. The number of esters is 1. The number of alkyl halides is 3. The Morgan fingerprint density at radius 2 is 1.71 bits per heavy atom. The van der Waals surface area contributed by atoms with E-state index < -0.39 is 28.9 Å². The van der Waals surface area contributed by atoms with E-state index in [1.165, 1.54) is 24.3 Å². The van der Waals surface area contributed by atoms with Gasteiger partial charge in [0.15, 0.2) is 0 Å². The lowest BCUT2D eigenvalue weighted by Crippen LogP contribution is -2.43. The molecule has 10 heteroatoms. The number of hydrogen-bond acceptors (Lipinski definition) is 5. The minimum atomic E-state index is -4.70. The lowest BCUT2D eigenvalue weighted by Gasteiger charge is -2.41. The summed E-state index contributed by atoms with van der Waals surface area (Å²) < 4.78 is 79.9. The molecule has 1 saturated heterocycles. The lowest BCUT2D eigenvalue weighted by atomic mass is 9.73. The second-order valence-corrected chi connectivity index (χ2v) is 9.50. The molecule has 0 spiro atoms. The maximum absolute atomic E-state index is 14.8. The van der Waals surface area contributed by atoms with Crippen LogP contribution < -0.4 is 0 Å². The summed E-state index contributed by atoms with van der Waals surface area (Å²) in [6.45, 7) is 1.53. The number of benzene rings is 2. The van der Waals surface area contributed by atoms with E-state index in [0.29, 0.717) is 0 Å². The molecule has 0 atom stereocenters. The predicted molar refractivity (Wildman–Crippen MR) is 130 cm³/mol. The van der Waals surface area contributed by atoms with Gasteiger partial charge in [0.2, 0.25) is 0 Å². The van der Waals surface area contributed by atoms with E-state index in [9.17, 15) is 26.7 Å². The molecular formula is C28H27F5N2O3. The second kappa shape index (κ2) is 11.2. The van der Waals surface area contributed by atoms with Crippen molar-refractivity contribution in [2.45, 2.75) is 31.0 Å². The van der Waals surface area contributed by atoms with Gasteiger partial charge >= 0.3 is 12.1 Å². The van der Waals surface area contributed by atoms with Gasteiger partial charge in [-0.1, -0.05) is 12.1 Å². The zero-order valence-corrected chi connectivity index (χ0v) is 20.9. The topological polar surface area (TPSA) is 51.7 Å². The normalized spacial score (nSPS) is 15.9. The van der Waals surface area contributed by atoms with Gasteiger partial charge in [0.25, 0.3) is 0 Å². The number of piperidine rings is 1. The number of carbonyl (C=O) groups excluding carboxylic acids is 1. The number of nitrogens with zero attached hydrogens (tertiary/aromatic N) is 2. The molecule has 0 unspecified atom stereocenters. The van der Waals surface area contributed by atoms with Gasteiger partial charge in [-0.15, -0.1) is 0 Å². The first-order valence-electron chi connectivity index (χ1n) is 12.0. The van der Waals surface area contributed by atoms with Gasteiger partial charge in [-0.2, -0.15) is 13.2 Å². The average Bonchev–Trinajstić information content (AvgIpc) is 2.89. The van der Waals surface area contributed by atoms with E-state index in [1.807, 2.05) is 7.05 Å². The standard InChI is InChI=1S/C28H27F5N2O3/c1-35-11-9-27(10-12-35,19-4-6-21(29)7-5-19)17-38-16-22-14-20(28(31,32)33)15-25(34-22)23-8-3-18(13-24(23)30)26(36)37-2/h3-8,13-15H,9-12,16-17H2,1-2H3. The first kappa shape index (κ1) is 27.7. The highest BCUT2D eigenvalue weighted by molar-refractivity contribution is 5.90. The van der Waals surface area contributed by atoms with Crippen molar-refractivity contribution in [2.75, 3.05) is 33.9 Å². The summed E-state index contributed by atoms with van der Waals surface area (Å²) in [7, 11) is 3.14. The first-order valence-corrected chi connectivity index (χ1v) is 12.0. The molecule has 0 N–H and O–H groups in total. The Kier molecular flexibility index (Phi) is 8.13. The van der Waals surface area contributed by atoms with Crippen LogP contribution in [0, 0.1) is 11.6 Å². The first-order chi connectivity index (χ1) is 18.0. The van der Waals surface area contributed by atoms with Crippen LogP contribution in [0.4, 0.5) is 22.0 Å². The Morgan fingerprint density at radius 3 is 2.32 bits per heavy atom. The summed E-state index contributed by atoms with van der Waals surface area (Å²) in [6.07, 6.45) is -3.24. The van der Waals surface area contributed by atoms with Gasteiger partial charge < -0.3 is 14.4 Å². The van der Waals surface area contributed by atoms with Crippen LogP contribution in [0.1, 0.15) is 40.0 Å². The molecule has 1 aliphatic heterocycles. The van der Waals surface area contributed by atoms with E-state index >= 15 is 0 Å². The third-order valence-electron chi connectivity index (χ3n) is 6.90. The average molecular weight is 535 g/mol. The molecule has 4 rings (SSSR count). The Bertz CT molecular complexity index is 1290. The van der Waals surface area contributed by atoms with Gasteiger partial charge in [-0.3, -0.25) is 4.98 Å². The predicted octanol–water partition coefficient (Wildman–Crippen LogP) is 6.01. The number of likely N-dealkylation sites (tertiary alicyclic amines) is 1. The van der Waals surface area contributed by atoms with E-state index in [-0.39, 0.29) is 41.5 Å². The van der Waals surface area contributed by atoms with Gasteiger partial charge in [-0.25, -0.2) is 13.6 Å². The van der Waals surface area contributed by atoms with Crippen molar-refractivity contribution in [3.05, 3.63) is 88.6 Å². The van der Waals surface area contributed by atoms with Crippen LogP contribution in [0.5, 0.6) is 0 Å². The summed E-state index contributed by atoms with van der Waals surface area (Å²) in [5.41, 5.74) is -1.05. The number of ether oxygens (including phenoxy) is 2. The molecule has 0 radical (unpaired) electrons. The Hall–Kier alpha value is -3.37. The largest absolute Gasteiger partial charge is 0.465 e. The molecular weight excluding hydrogens is 507 g/mol. The molecule has 0 amide bonds. The fourth-order valence-electron chi connectivity index (χ4n) is 4.65. The molecule has 202 valence electrons. The summed E-state index contributed by atoms with van der Waals surface area (Å²) in [6, 6.07) is 11.2. The lowest BCUT2D eigenvalue weighted by molar-refractivity contribution is -0.137. The molecule has 5 nitrogen and oxygen atoms in total. The molecule has 0 saturated carbocycles. The van der Waals surface area contributed by atoms with Gasteiger partial charge in [0.1, 0.15) is 11.6 Å². The van der Waals surface area contributed by atoms with Crippen molar-refractivity contribution >= 4 is 5.97 Å². The molecule has 1 fully saturated rings. The van der Waals surface area contributed by atoms with Crippen molar-refractivity contribution in [1.82, 2.24) is 9.88 Å². The number of halogens is 5. The number of pyridine rings is 1. The SMILES string of the molecule is COC(=O)c1ccc(-c2cc(C(F)(F)F)cc(COCC3(c4ccc(F)cc4)CCN(C)CC3)n2)c(F)c1. The summed E-state index contributed by atoms with van der Waals surface area (Å²) in [5, 5.41) is 0. The van der Waals surface area contributed by atoms with Crippen LogP contribution in [0.2, 0.25) is 0 Å². The monoisotopic (exact) mass is 534 g/mol. The van der Waals surface area contributed by atoms with E-state index in [4.69, 9.17) is 4.74 Å². The fourth-order valence-corrected chi connectivity index (χ4v) is 4.65. The van der Waals surface area contributed by atoms with Gasteiger partial charge in [0, 0.05) is 11.0 Å². The third kappa shape index (κ3) is 6.19. The minimum Gasteiger partial charge on any atom is -0.465 e. The summed E-state index contributed by atoms with van der Waals surface area (Å²) in [4.78, 5) is 18.1. The minimum absolute atomic E-state index is 0.0200. The molecule has 38 heavy (non-hydrogen) atoms. The zero-order valence-electron chi connectivity index (χ0n) is 20.9. The molecule has 0 bridgehead atoms. The van der Waals surface area contributed by atoms with E-state index in [1.54, 1.807) is 12.1 Å². The zero-order chi connectivity index (χ0) is 27.5. The van der Waals surface area contributed by atoms with Crippen molar-refractivity contribution in [1.29, 1.82) is 0 Å². The smallest absolute Gasteiger partial charge is 0.416 e. The quantitative estimate of drug-likeness (QED) is 0.275. The summed E-state index contributed by atoms with van der Waals surface area (Å²) in [5.74, 6) is -2.04. The highest BCUT2D eigenvalue weighted by Gasteiger charge is 2.36. The Balaban J connectivity index is 1.60. The number of hydrogen-bond donors (Lipinski definition) is 0. The number of methoxy groups -OCH3 is 1. The van der Waals surface area contributed by atoms with Crippen LogP contribution in [-0.4, -0.2) is 49.7 Å². The second-order valence-electron chi connectivity index (χ2n) is 9.50. The van der Waals surface area contributed by atoms with Crippen molar-refractivity contribution in [3.63, 3.8) is 0 Å². The number of carbonyl (C=O) groups is 1. The van der Waals surface area contributed by atoms with Crippen LogP contribution in [0.3, 0.4) is 0 Å². The third-order valence-corrected chi connectivity index (χ3v) is 6.90. The summed E-state index contributed by atoms with van der Waals surface area (Å²) >= 11 is 0. The molecule has 0 aliphatic carbocycles. The Morgan fingerprint density at radius 1 is 1.03 bits per heavy atom. The highest BCUT2D eigenvalue weighted by atomic mass is 19.4. The number of rotatable bonds is 7. The highest BCUT2D eigenvalue weighted by Crippen LogP contribution is 2.37.